The number of anilines is 2. The molecule has 0 radical (unpaired) electrons. The molecule has 0 aliphatic rings. The second-order valence-corrected chi connectivity index (χ2v) is 5.13. The first-order valence-corrected chi connectivity index (χ1v) is 6.50. The summed E-state index contributed by atoms with van der Waals surface area (Å²) in [5.41, 5.74) is 6.47. The van der Waals surface area contributed by atoms with Crippen LogP contribution in [0.2, 0.25) is 0 Å². The van der Waals surface area contributed by atoms with Crippen LogP contribution >= 0.6 is 15.9 Å². The molecule has 0 saturated carbocycles. The van der Waals surface area contributed by atoms with Crippen LogP contribution in [0, 0.1) is 18.6 Å². The molecule has 1 amide bonds. The van der Waals surface area contributed by atoms with Crippen molar-refractivity contribution in [1.29, 1.82) is 0 Å². The predicted octanol–water partition coefficient (Wildman–Crippen LogP) is 3.87. The summed E-state index contributed by atoms with van der Waals surface area (Å²) in [7, 11) is 0. The number of halogens is 3. The number of carbonyl (C=O) groups is 1. The standard InChI is InChI=1S/C14H11BrF2N2O/c1-7-4-10(16)9(15)6-13(7)19-14(20)8-2-3-12(18)11(17)5-8/h2-6H,18H2,1H3,(H,19,20). The van der Waals surface area contributed by atoms with Crippen molar-refractivity contribution >= 4 is 33.2 Å². The van der Waals surface area contributed by atoms with Crippen molar-refractivity contribution in [3.05, 3.63) is 57.6 Å². The fraction of sp³-hybridized carbons (Fsp3) is 0.0714. The minimum atomic E-state index is -0.658. The number of hydrogen-bond acceptors (Lipinski definition) is 2. The van der Waals surface area contributed by atoms with Gasteiger partial charge in [-0.3, -0.25) is 4.79 Å². The average molecular weight is 341 g/mol. The summed E-state index contributed by atoms with van der Waals surface area (Å²) >= 11 is 3.04. The second-order valence-electron chi connectivity index (χ2n) is 4.27. The van der Waals surface area contributed by atoms with E-state index in [1.807, 2.05) is 0 Å². The largest absolute Gasteiger partial charge is 0.396 e. The van der Waals surface area contributed by atoms with E-state index in [2.05, 4.69) is 21.2 Å². The van der Waals surface area contributed by atoms with Crippen molar-refractivity contribution in [1.82, 2.24) is 0 Å². The first-order valence-electron chi connectivity index (χ1n) is 5.70. The Bertz CT molecular complexity index is 689. The van der Waals surface area contributed by atoms with Crippen molar-refractivity contribution in [3.63, 3.8) is 0 Å². The van der Waals surface area contributed by atoms with E-state index in [0.717, 1.165) is 6.07 Å². The van der Waals surface area contributed by atoms with Crippen LogP contribution in [0.5, 0.6) is 0 Å². The van der Waals surface area contributed by atoms with Gasteiger partial charge in [0.1, 0.15) is 11.6 Å². The molecule has 0 spiro atoms. The van der Waals surface area contributed by atoms with Crippen LogP contribution in [0.25, 0.3) is 0 Å². The monoisotopic (exact) mass is 340 g/mol. The first-order chi connectivity index (χ1) is 9.38. The van der Waals surface area contributed by atoms with Crippen molar-refractivity contribution in [2.45, 2.75) is 6.92 Å². The molecule has 0 aromatic heterocycles. The van der Waals surface area contributed by atoms with Crippen LogP contribution in [0.1, 0.15) is 15.9 Å². The van der Waals surface area contributed by atoms with Gasteiger partial charge in [0.25, 0.3) is 5.91 Å². The number of nitrogen functional groups attached to an aromatic ring is 1. The number of amides is 1. The molecule has 0 aliphatic carbocycles. The lowest BCUT2D eigenvalue weighted by molar-refractivity contribution is 0.102. The maximum absolute atomic E-state index is 13.3. The Kier molecular flexibility index (Phi) is 4.04. The van der Waals surface area contributed by atoms with Gasteiger partial charge in [0.2, 0.25) is 0 Å². The van der Waals surface area contributed by atoms with Crippen LogP contribution in [0.15, 0.2) is 34.8 Å². The summed E-state index contributed by atoms with van der Waals surface area (Å²) in [6.07, 6.45) is 0. The summed E-state index contributed by atoms with van der Waals surface area (Å²) in [5, 5.41) is 2.60. The summed E-state index contributed by atoms with van der Waals surface area (Å²) in [6, 6.07) is 6.54. The molecule has 0 bridgehead atoms. The molecule has 0 unspecified atom stereocenters. The lowest BCUT2D eigenvalue weighted by Crippen LogP contribution is -2.13. The zero-order valence-corrected chi connectivity index (χ0v) is 12.1. The van der Waals surface area contributed by atoms with E-state index >= 15 is 0 Å². The maximum atomic E-state index is 13.3. The van der Waals surface area contributed by atoms with E-state index < -0.39 is 17.5 Å². The molecular formula is C14H11BrF2N2O. The molecule has 3 N–H and O–H groups in total. The van der Waals surface area contributed by atoms with Gasteiger partial charge in [-0.25, -0.2) is 8.78 Å². The molecule has 20 heavy (non-hydrogen) atoms. The molecular weight excluding hydrogens is 330 g/mol. The fourth-order valence-electron chi connectivity index (χ4n) is 1.64. The maximum Gasteiger partial charge on any atom is 0.255 e. The quantitative estimate of drug-likeness (QED) is 0.815. The SMILES string of the molecule is Cc1cc(F)c(Br)cc1NC(=O)c1ccc(N)c(F)c1. The molecule has 2 aromatic carbocycles. The fourth-order valence-corrected chi connectivity index (χ4v) is 1.99. The summed E-state index contributed by atoms with van der Waals surface area (Å²) in [6.45, 7) is 1.66. The third kappa shape index (κ3) is 2.96. The minimum absolute atomic E-state index is 0.0257. The van der Waals surface area contributed by atoms with Crippen LogP contribution in [0.3, 0.4) is 0 Å². The highest BCUT2D eigenvalue weighted by atomic mass is 79.9. The van der Waals surface area contributed by atoms with Crippen molar-refractivity contribution in [2.24, 2.45) is 0 Å². The first kappa shape index (κ1) is 14.5. The van der Waals surface area contributed by atoms with Gasteiger partial charge in [-0.1, -0.05) is 0 Å². The number of carbonyl (C=O) groups excluding carboxylic acids is 1. The molecule has 0 heterocycles. The minimum Gasteiger partial charge on any atom is -0.396 e. The Morgan fingerprint density at radius 2 is 1.90 bits per heavy atom. The molecule has 0 aliphatic heterocycles. The Morgan fingerprint density at radius 3 is 2.55 bits per heavy atom. The van der Waals surface area contributed by atoms with Crippen molar-refractivity contribution in [3.8, 4) is 0 Å². The summed E-state index contributed by atoms with van der Waals surface area (Å²) in [5.74, 6) is -1.57. The highest BCUT2D eigenvalue weighted by Gasteiger charge is 2.12. The van der Waals surface area contributed by atoms with Gasteiger partial charge >= 0.3 is 0 Å². The van der Waals surface area contributed by atoms with E-state index in [1.54, 1.807) is 6.92 Å². The van der Waals surface area contributed by atoms with Gasteiger partial charge in [-0.2, -0.15) is 0 Å². The number of nitrogens with two attached hydrogens (primary N) is 1. The van der Waals surface area contributed by atoms with Crippen LogP contribution in [-0.2, 0) is 0 Å². The van der Waals surface area contributed by atoms with Gasteiger partial charge in [0, 0.05) is 11.3 Å². The van der Waals surface area contributed by atoms with Gasteiger partial charge < -0.3 is 11.1 Å². The molecule has 6 heteroatoms. The zero-order chi connectivity index (χ0) is 14.9. The van der Waals surface area contributed by atoms with E-state index in [1.165, 1.54) is 24.3 Å². The van der Waals surface area contributed by atoms with Gasteiger partial charge in [0.05, 0.1) is 10.2 Å². The zero-order valence-electron chi connectivity index (χ0n) is 10.5. The second kappa shape index (κ2) is 5.58. The van der Waals surface area contributed by atoms with E-state index in [4.69, 9.17) is 5.73 Å². The van der Waals surface area contributed by atoms with E-state index in [9.17, 15) is 13.6 Å². The topological polar surface area (TPSA) is 55.1 Å². The van der Waals surface area contributed by atoms with E-state index in [0.29, 0.717) is 11.3 Å². The molecule has 2 aromatic rings. The highest BCUT2D eigenvalue weighted by molar-refractivity contribution is 9.10. The Labute approximate surface area is 122 Å². The van der Waals surface area contributed by atoms with E-state index in [-0.39, 0.29) is 15.7 Å². The summed E-state index contributed by atoms with van der Waals surface area (Å²) < 4.78 is 26.8. The number of rotatable bonds is 2. The average Bonchev–Trinajstić information content (AvgIpc) is 2.39. The Hall–Kier alpha value is -1.95. The Balaban J connectivity index is 2.27. The van der Waals surface area contributed by atoms with Crippen LogP contribution in [0.4, 0.5) is 20.2 Å². The van der Waals surface area contributed by atoms with Crippen molar-refractivity contribution < 1.29 is 13.6 Å². The van der Waals surface area contributed by atoms with Gasteiger partial charge in [0.15, 0.2) is 0 Å². The molecule has 3 nitrogen and oxygen atoms in total. The number of aryl methyl sites for hydroxylation is 1. The normalized spacial score (nSPS) is 10.4. The third-order valence-electron chi connectivity index (χ3n) is 2.78. The molecule has 0 saturated heterocycles. The molecule has 2 rings (SSSR count). The van der Waals surface area contributed by atoms with Gasteiger partial charge in [-0.05, 0) is 58.7 Å². The highest BCUT2D eigenvalue weighted by Crippen LogP contribution is 2.25. The molecule has 104 valence electrons. The van der Waals surface area contributed by atoms with Gasteiger partial charge in [-0.15, -0.1) is 0 Å². The predicted molar refractivity (Wildman–Crippen MR) is 77.6 cm³/mol. The number of benzene rings is 2. The Morgan fingerprint density at radius 1 is 1.20 bits per heavy atom. The number of nitrogens with one attached hydrogen (secondary N) is 1. The smallest absolute Gasteiger partial charge is 0.255 e. The van der Waals surface area contributed by atoms with Crippen LogP contribution in [-0.4, -0.2) is 5.91 Å². The summed E-state index contributed by atoms with van der Waals surface area (Å²) in [4.78, 5) is 12.0. The van der Waals surface area contributed by atoms with Crippen LogP contribution < -0.4 is 11.1 Å². The lowest BCUT2D eigenvalue weighted by atomic mass is 10.1. The van der Waals surface area contributed by atoms with Crippen molar-refractivity contribution in [2.75, 3.05) is 11.1 Å². The molecule has 0 fully saturated rings. The third-order valence-corrected chi connectivity index (χ3v) is 3.39. The molecule has 0 atom stereocenters. The number of hydrogen-bond donors (Lipinski definition) is 2. The lowest BCUT2D eigenvalue weighted by Gasteiger charge is -2.10.